The van der Waals surface area contributed by atoms with Gasteiger partial charge in [0.2, 0.25) is 7.37 Å². The number of nitrogen functional groups attached to an aromatic ring is 1. The molecule has 3 aromatic carbocycles. The molecule has 1 aliphatic rings. The number of benzene rings is 3. The number of carbonyl (C=O) groups excluding carboxylic acids is 1. The molecule has 5 rings (SSSR count). The Bertz CT molecular complexity index is 1400. The van der Waals surface area contributed by atoms with Gasteiger partial charge in [-0.1, -0.05) is 48.9 Å². The Morgan fingerprint density at radius 2 is 1.80 bits per heavy atom. The fourth-order valence-electron chi connectivity index (χ4n) is 4.36. The van der Waals surface area contributed by atoms with Crippen LogP contribution in [0.3, 0.4) is 0 Å². The lowest BCUT2D eigenvalue weighted by Crippen LogP contribution is -2.26. The largest absolute Gasteiger partial charge is 0.397 e. The van der Waals surface area contributed by atoms with E-state index in [2.05, 4.69) is 5.32 Å². The lowest BCUT2D eigenvalue weighted by molar-refractivity contribution is 0.102. The highest BCUT2D eigenvalue weighted by molar-refractivity contribution is 7.66. The van der Waals surface area contributed by atoms with Gasteiger partial charge in [0.15, 0.2) is 0 Å². The monoisotopic (exact) mass is 502 g/mol. The smallest absolute Gasteiger partial charge is 0.255 e. The summed E-state index contributed by atoms with van der Waals surface area (Å²) in [6.07, 6.45) is 3.18. The molecular weight excluding hydrogens is 475 g/mol. The minimum Gasteiger partial charge on any atom is -0.397 e. The highest BCUT2D eigenvalue weighted by Crippen LogP contribution is 2.54. The Morgan fingerprint density at radius 3 is 2.49 bits per heavy atom. The standard InChI is InChI=1S/C28H27N2O3PS/c29-24-15-14-22(27-9-4-16-35-27)18-25(24)30-28(31)20-12-10-19(11-13-20)17-21-5-1-2-8-26(21)34(32,33)23-6-3-7-23/h1-2,4-5,8-16,18,23H,3,6-7,17,29H2,(H,30,31)(H,32,33). The van der Waals surface area contributed by atoms with Crippen molar-refractivity contribution >= 4 is 41.3 Å². The minimum atomic E-state index is -3.39. The molecule has 4 N–H and O–H groups in total. The van der Waals surface area contributed by atoms with E-state index in [1.54, 1.807) is 35.6 Å². The molecule has 0 bridgehead atoms. The van der Waals surface area contributed by atoms with E-state index in [0.29, 0.717) is 28.7 Å². The Labute approximate surface area is 209 Å². The summed E-state index contributed by atoms with van der Waals surface area (Å²) in [5.74, 6) is -0.239. The molecule has 178 valence electrons. The van der Waals surface area contributed by atoms with Crippen LogP contribution < -0.4 is 16.4 Å². The van der Waals surface area contributed by atoms with E-state index in [-0.39, 0.29) is 11.6 Å². The maximum atomic E-state index is 13.1. The normalized spacial score (nSPS) is 15.2. The number of anilines is 2. The van der Waals surface area contributed by atoms with Gasteiger partial charge in [0.25, 0.3) is 5.91 Å². The van der Waals surface area contributed by atoms with Crippen LogP contribution in [-0.4, -0.2) is 16.5 Å². The number of hydrogen-bond acceptors (Lipinski definition) is 4. The number of thiophene rings is 1. The third-order valence-corrected chi connectivity index (χ3v) is 10.2. The van der Waals surface area contributed by atoms with Crippen molar-refractivity contribution in [2.45, 2.75) is 31.3 Å². The Kier molecular flexibility index (Phi) is 6.61. The first-order chi connectivity index (χ1) is 16.9. The van der Waals surface area contributed by atoms with Crippen molar-refractivity contribution in [3.63, 3.8) is 0 Å². The molecule has 1 unspecified atom stereocenters. The van der Waals surface area contributed by atoms with Gasteiger partial charge >= 0.3 is 0 Å². The van der Waals surface area contributed by atoms with Crippen molar-refractivity contribution in [1.29, 1.82) is 0 Å². The van der Waals surface area contributed by atoms with Gasteiger partial charge in [0.05, 0.1) is 11.4 Å². The van der Waals surface area contributed by atoms with Crippen molar-refractivity contribution in [3.05, 3.63) is 101 Å². The van der Waals surface area contributed by atoms with Crippen LogP contribution in [-0.2, 0) is 11.0 Å². The highest BCUT2D eigenvalue weighted by atomic mass is 32.1. The zero-order valence-electron chi connectivity index (χ0n) is 19.2. The van der Waals surface area contributed by atoms with Gasteiger partial charge in [-0.05, 0) is 77.7 Å². The van der Waals surface area contributed by atoms with Crippen LogP contribution >= 0.6 is 18.7 Å². The molecule has 1 saturated carbocycles. The number of rotatable bonds is 7. The fourth-order valence-corrected chi connectivity index (χ4v) is 7.40. The molecule has 0 spiro atoms. The van der Waals surface area contributed by atoms with Crippen LogP contribution in [0.1, 0.15) is 40.7 Å². The van der Waals surface area contributed by atoms with Crippen LogP contribution in [0.25, 0.3) is 10.4 Å². The summed E-state index contributed by atoms with van der Waals surface area (Å²) in [4.78, 5) is 24.8. The Balaban J connectivity index is 1.31. The molecule has 1 amide bonds. The van der Waals surface area contributed by atoms with Crippen LogP contribution in [0.5, 0.6) is 0 Å². The van der Waals surface area contributed by atoms with E-state index in [1.165, 1.54) is 0 Å². The molecule has 7 heteroatoms. The topological polar surface area (TPSA) is 92.4 Å². The first-order valence-corrected chi connectivity index (χ1v) is 14.3. The molecule has 0 saturated heterocycles. The SMILES string of the molecule is Nc1ccc(-c2cccs2)cc1NC(=O)c1ccc(Cc2ccccc2P(=O)(O)C2CCC2)cc1. The summed E-state index contributed by atoms with van der Waals surface area (Å²) < 4.78 is 13.1. The van der Waals surface area contributed by atoms with Crippen molar-refractivity contribution in [1.82, 2.24) is 0 Å². The molecule has 1 atom stereocenters. The second-order valence-corrected chi connectivity index (χ2v) is 12.3. The number of carbonyl (C=O) groups is 1. The third-order valence-electron chi connectivity index (χ3n) is 6.62. The van der Waals surface area contributed by atoms with Crippen LogP contribution in [0, 0.1) is 0 Å². The molecule has 1 heterocycles. The predicted molar refractivity (Wildman–Crippen MR) is 145 cm³/mol. The van der Waals surface area contributed by atoms with Gasteiger partial charge in [-0.25, -0.2) is 0 Å². The van der Waals surface area contributed by atoms with Gasteiger partial charge in [0.1, 0.15) is 0 Å². The second kappa shape index (κ2) is 9.82. The molecule has 1 aliphatic carbocycles. The van der Waals surface area contributed by atoms with E-state index in [1.807, 2.05) is 60.0 Å². The number of hydrogen-bond donors (Lipinski definition) is 3. The summed E-state index contributed by atoms with van der Waals surface area (Å²) in [7, 11) is -3.39. The molecule has 0 aliphatic heterocycles. The number of amides is 1. The zero-order chi connectivity index (χ0) is 24.4. The first-order valence-electron chi connectivity index (χ1n) is 11.7. The highest BCUT2D eigenvalue weighted by Gasteiger charge is 2.38. The van der Waals surface area contributed by atoms with E-state index < -0.39 is 7.37 Å². The van der Waals surface area contributed by atoms with Gasteiger partial charge in [-0.2, -0.15) is 0 Å². The Morgan fingerprint density at radius 1 is 1.03 bits per heavy atom. The summed E-state index contributed by atoms with van der Waals surface area (Å²) >= 11 is 1.63. The summed E-state index contributed by atoms with van der Waals surface area (Å²) in [6, 6.07) is 24.4. The van der Waals surface area contributed by atoms with E-state index in [9.17, 15) is 14.3 Å². The first kappa shape index (κ1) is 23.6. The molecule has 5 nitrogen and oxygen atoms in total. The summed E-state index contributed by atoms with van der Waals surface area (Å²) in [5, 5.41) is 5.50. The maximum absolute atomic E-state index is 13.1. The van der Waals surface area contributed by atoms with Gasteiger partial charge in [-0.15, -0.1) is 11.3 Å². The minimum absolute atomic E-state index is 0.125. The molecular formula is C28H27N2O3PS. The average Bonchev–Trinajstić information content (AvgIpc) is 3.35. The number of nitrogens with one attached hydrogen (secondary N) is 1. The van der Waals surface area contributed by atoms with E-state index in [0.717, 1.165) is 40.8 Å². The number of nitrogens with two attached hydrogens (primary N) is 1. The van der Waals surface area contributed by atoms with E-state index >= 15 is 0 Å². The lowest BCUT2D eigenvalue weighted by atomic mass is 10.00. The molecule has 1 aromatic heterocycles. The average molecular weight is 503 g/mol. The predicted octanol–water partition coefficient (Wildman–Crippen LogP) is 6.29. The molecule has 4 aromatic rings. The van der Waals surface area contributed by atoms with Crippen molar-refractivity contribution < 1.29 is 14.3 Å². The molecule has 0 radical (unpaired) electrons. The van der Waals surface area contributed by atoms with Crippen LogP contribution in [0.2, 0.25) is 0 Å². The van der Waals surface area contributed by atoms with Gasteiger partial charge < -0.3 is 15.9 Å². The quantitative estimate of drug-likeness (QED) is 0.205. The van der Waals surface area contributed by atoms with Crippen LogP contribution in [0.4, 0.5) is 11.4 Å². The van der Waals surface area contributed by atoms with Crippen molar-refractivity contribution in [2.24, 2.45) is 0 Å². The van der Waals surface area contributed by atoms with Gasteiger partial charge in [0, 0.05) is 21.4 Å². The zero-order valence-corrected chi connectivity index (χ0v) is 20.9. The third kappa shape index (κ3) is 4.96. The fraction of sp³-hybridized carbons (Fsp3) is 0.179. The van der Waals surface area contributed by atoms with E-state index in [4.69, 9.17) is 5.73 Å². The summed E-state index contributed by atoms with van der Waals surface area (Å²) in [6.45, 7) is 0. The molecule has 1 fully saturated rings. The summed E-state index contributed by atoms with van der Waals surface area (Å²) in [5.41, 5.74) is 10.4. The van der Waals surface area contributed by atoms with Crippen LogP contribution in [0.15, 0.2) is 84.2 Å². The maximum Gasteiger partial charge on any atom is 0.255 e. The molecule has 35 heavy (non-hydrogen) atoms. The van der Waals surface area contributed by atoms with Gasteiger partial charge in [-0.3, -0.25) is 9.36 Å². The second-order valence-electron chi connectivity index (χ2n) is 8.94. The Hall–Kier alpha value is -3.18. The lowest BCUT2D eigenvalue weighted by Gasteiger charge is -2.31. The van der Waals surface area contributed by atoms with Crippen molar-refractivity contribution in [2.75, 3.05) is 11.1 Å². The van der Waals surface area contributed by atoms with Crippen molar-refractivity contribution in [3.8, 4) is 10.4 Å².